The maximum Gasteiger partial charge on any atom is 0.253 e. The van der Waals surface area contributed by atoms with E-state index in [2.05, 4.69) is 27.6 Å². The predicted molar refractivity (Wildman–Crippen MR) is 134 cm³/mol. The molecule has 1 aromatic carbocycles. The predicted octanol–water partition coefficient (Wildman–Crippen LogP) is 3.51. The standard InChI is InChI=1S/C25H26N6O3S/c1-16(26-23(33)19-7-10-31(12-19)25(2)14-34-15-25)22(32)28-24-27-21(13-35-24)18-6-4-5-17(11-18)20-8-9-30(3)29-20/h4-13,16H,14-15H2,1-3H3,(H,26,33)(H,27,28,32)/t16-/m0/s1. The average molecular weight is 491 g/mol. The summed E-state index contributed by atoms with van der Waals surface area (Å²) in [5, 5.41) is 12.4. The number of aromatic nitrogens is 4. The highest BCUT2D eigenvalue weighted by Gasteiger charge is 2.35. The number of anilines is 1. The minimum atomic E-state index is -0.728. The molecule has 2 amide bonds. The van der Waals surface area contributed by atoms with Crippen molar-refractivity contribution in [2.75, 3.05) is 18.5 Å². The SMILES string of the molecule is C[C@H](NC(=O)c1ccn(C2(C)COC2)c1)C(=O)Nc1nc(-c2cccc(-c3ccn(C)n3)c2)cs1. The Morgan fingerprint density at radius 1 is 1.14 bits per heavy atom. The van der Waals surface area contributed by atoms with Crippen LogP contribution in [0.1, 0.15) is 24.2 Å². The molecular weight excluding hydrogens is 464 g/mol. The molecule has 4 heterocycles. The van der Waals surface area contributed by atoms with Crippen molar-refractivity contribution in [3.05, 3.63) is 65.9 Å². The smallest absolute Gasteiger partial charge is 0.253 e. The zero-order chi connectivity index (χ0) is 24.6. The maximum absolute atomic E-state index is 12.7. The fraction of sp³-hybridized carbons (Fsp3) is 0.280. The third-order valence-corrected chi connectivity index (χ3v) is 6.81. The summed E-state index contributed by atoms with van der Waals surface area (Å²) in [7, 11) is 1.88. The number of hydrogen-bond acceptors (Lipinski definition) is 6. The van der Waals surface area contributed by atoms with Crippen molar-refractivity contribution in [2.45, 2.75) is 25.4 Å². The molecule has 9 nitrogen and oxygen atoms in total. The van der Waals surface area contributed by atoms with Gasteiger partial charge in [0.15, 0.2) is 5.13 Å². The van der Waals surface area contributed by atoms with Gasteiger partial charge in [-0.25, -0.2) is 4.98 Å². The molecule has 5 rings (SSSR count). The number of benzene rings is 1. The van der Waals surface area contributed by atoms with Gasteiger partial charge < -0.3 is 19.9 Å². The molecular formula is C25H26N6O3S. The Bertz CT molecular complexity index is 1380. The Balaban J connectivity index is 1.21. The molecule has 1 aliphatic rings. The molecule has 2 N–H and O–H groups in total. The second kappa shape index (κ2) is 9.12. The lowest BCUT2D eigenvalue weighted by Crippen LogP contribution is -2.48. The zero-order valence-electron chi connectivity index (χ0n) is 19.7. The highest BCUT2D eigenvalue weighted by molar-refractivity contribution is 7.14. The van der Waals surface area contributed by atoms with Gasteiger partial charge in [0.05, 0.1) is 35.7 Å². The number of rotatable bonds is 7. The van der Waals surface area contributed by atoms with E-state index in [4.69, 9.17) is 4.74 Å². The summed E-state index contributed by atoms with van der Waals surface area (Å²) in [6.45, 7) is 4.96. The first-order valence-corrected chi connectivity index (χ1v) is 12.1. The fourth-order valence-corrected chi connectivity index (χ4v) is 4.57. The summed E-state index contributed by atoms with van der Waals surface area (Å²) < 4.78 is 9.03. The van der Waals surface area contributed by atoms with Crippen molar-refractivity contribution in [3.8, 4) is 22.5 Å². The summed E-state index contributed by atoms with van der Waals surface area (Å²) in [5.41, 5.74) is 3.94. The van der Waals surface area contributed by atoms with Crippen LogP contribution in [0.5, 0.6) is 0 Å². The molecule has 0 radical (unpaired) electrons. The molecule has 0 saturated carbocycles. The summed E-state index contributed by atoms with van der Waals surface area (Å²) in [6, 6.07) is 10.9. The molecule has 1 aliphatic heterocycles. The summed E-state index contributed by atoms with van der Waals surface area (Å²) in [6.07, 6.45) is 5.55. The van der Waals surface area contributed by atoms with Crippen LogP contribution in [0, 0.1) is 0 Å². The molecule has 0 bridgehead atoms. The summed E-state index contributed by atoms with van der Waals surface area (Å²) >= 11 is 1.34. The van der Waals surface area contributed by atoms with Gasteiger partial charge in [-0.05, 0) is 32.0 Å². The van der Waals surface area contributed by atoms with Crippen LogP contribution < -0.4 is 10.6 Å². The maximum atomic E-state index is 12.7. The summed E-state index contributed by atoms with van der Waals surface area (Å²) in [4.78, 5) is 29.9. The van der Waals surface area contributed by atoms with Crippen LogP contribution in [-0.4, -0.2) is 50.4 Å². The van der Waals surface area contributed by atoms with E-state index in [-0.39, 0.29) is 17.4 Å². The number of ether oxygens (including phenoxy) is 1. The Morgan fingerprint density at radius 3 is 2.60 bits per heavy atom. The van der Waals surface area contributed by atoms with Gasteiger partial charge in [-0.3, -0.25) is 14.3 Å². The Labute approximate surface area is 206 Å². The molecule has 10 heteroatoms. The largest absolute Gasteiger partial charge is 0.376 e. The number of nitrogens with zero attached hydrogens (tertiary/aromatic N) is 4. The second-order valence-corrected chi connectivity index (χ2v) is 9.83. The minimum absolute atomic E-state index is 0.124. The van der Waals surface area contributed by atoms with Gasteiger partial charge in [-0.1, -0.05) is 18.2 Å². The van der Waals surface area contributed by atoms with Crippen LogP contribution in [-0.2, 0) is 22.1 Å². The number of carbonyl (C=O) groups is 2. The van der Waals surface area contributed by atoms with E-state index in [9.17, 15) is 9.59 Å². The average Bonchev–Trinajstić information content (AvgIpc) is 3.58. The van der Waals surface area contributed by atoms with Crippen LogP contribution >= 0.6 is 11.3 Å². The molecule has 4 aromatic rings. The Kier molecular flexibility index (Phi) is 6.00. The van der Waals surface area contributed by atoms with Gasteiger partial charge in [0, 0.05) is 42.1 Å². The third-order valence-electron chi connectivity index (χ3n) is 6.05. The minimum Gasteiger partial charge on any atom is -0.376 e. The van der Waals surface area contributed by atoms with E-state index in [0.717, 1.165) is 22.5 Å². The summed E-state index contributed by atoms with van der Waals surface area (Å²) in [5.74, 6) is -0.637. The number of aryl methyl sites for hydroxylation is 1. The number of thiazole rings is 1. The van der Waals surface area contributed by atoms with E-state index >= 15 is 0 Å². The second-order valence-electron chi connectivity index (χ2n) is 8.97. The first-order chi connectivity index (χ1) is 16.8. The van der Waals surface area contributed by atoms with Crippen molar-refractivity contribution in [3.63, 3.8) is 0 Å². The monoisotopic (exact) mass is 490 g/mol. The van der Waals surface area contributed by atoms with Gasteiger partial charge in [-0.15, -0.1) is 11.3 Å². The van der Waals surface area contributed by atoms with Gasteiger partial charge in [-0.2, -0.15) is 5.10 Å². The van der Waals surface area contributed by atoms with Gasteiger partial charge in [0.25, 0.3) is 5.91 Å². The van der Waals surface area contributed by atoms with E-state index in [1.165, 1.54) is 11.3 Å². The van der Waals surface area contributed by atoms with Crippen LogP contribution in [0.3, 0.4) is 0 Å². The van der Waals surface area contributed by atoms with Crippen LogP contribution in [0.15, 0.2) is 60.4 Å². The van der Waals surface area contributed by atoms with Crippen molar-refractivity contribution in [1.82, 2.24) is 24.6 Å². The van der Waals surface area contributed by atoms with Crippen molar-refractivity contribution in [1.29, 1.82) is 0 Å². The normalized spacial score (nSPS) is 15.3. The molecule has 35 heavy (non-hydrogen) atoms. The lowest BCUT2D eigenvalue weighted by molar-refractivity contribution is -0.117. The molecule has 1 fully saturated rings. The van der Waals surface area contributed by atoms with Crippen LogP contribution in [0.2, 0.25) is 0 Å². The van der Waals surface area contributed by atoms with Crippen LogP contribution in [0.4, 0.5) is 5.13 Å². The van der Waals surface area contributed by atoms with E-state index in [1.54, 1.807) is 23.9 Å². The third kappa shape index (κ3) is 4.75. The molecule has 0 unspecified atom stereocenters. The molecule has 1 atom stereocenters. The first kappa shape index (κ1) is 23.0. The molecule has 0 aliphatic carbocycles. The van der Waals surface area contributed by atoms with Gasteiger partial charge in [0.2, 0.25) is 5.91 Å². The van der Waals surface area contributed by atoms with E-state index in [1.807, 2.05) is 59.7 Å². The van der Waals surface area contributed by atoms with E-state index < -0.39 is 6.04 Å². The molecule has 3 aromatic heterocycles. The number of carbonyl (C=O) groups excluding carboxylic acids is 2. The fourth-order valence-electron chi connectivity index (χ4n) is 3.84. The Hall–Kier alpha value is -3.76. The molecule has 180 valence electrons. The zero-order valence-corrected chi connectivity index (χ0v) is 20.5. The first-order valence-electron chi connectivity index (χ1n) is 11.2. The van der Waals surface area contributed by atoms with Crippen molar-refractivity contribution in [2.24, 2.45) is 7.05 Å². The van der Waals surface area contributed by atoms with Crippen LogP contribution in [0.25, 0.3) is 22.5 Å². The van der Waals surface area contributed by atoms with Gasteiger partial charge in [0.1, 0.15) is 6.04 Å². The van der Waals surface area contributed by atoms with Gasteiger partial charge >= 0.3 is 0 Å². The van der Waals surface area contributed by atoms with Crippen molar-refractivity contribution < 1.29 is 14.3 Å². The highest BCUT2D eigenvalue weighted by Crippen LogP contribution is 2.29. The highest BCUT2D eigenvalue weighted by atomic mass is 32.1. The number of nitrogens with one attached hydrogen (secondary N) is 2. The van der Waals surface area contributed by atoms with E-state index in [0.29, 0.717) is 23.9 Å². The number of hydrogen-bond donors (Lipinski definition) is 2. The number of amides is 2. The lowest BCUT2D eigenvalue weighted by Gasteiger charge is -2.39. The lowest BCUT2D eigenvalue weighted by atomic mass is 10.0. The topological polar surface area (TPSA) is 103 Å². The van der Waals surface area contributed by atoms with Crippen molar-refractivity contribution >= 4 is 28.3 Å². The quantitative estimate of drug-likeness (QED) is 0.413. The molecule has 0 spiro atoms. The Morgan fingerprint density at radius 2 is 1.91 bits per heavy atom. The molecule has 1 saturated heterocycles.